The van der Waals surface area contributed by atoms with Crippen LogP contribution >= 0.6 is 0 Å². The first-order valence-electron chi connectivity index (χ1n) is 11.1. The van der Waals surface area contributed by atoms with E-state index in [9.17, 15) is 9.59 Å². The van der Waals surface area contributed by atoms with Crippen molar-refractivity contribution < 1.29 is 28.5 Å². The van der Waals surface area contributed by atoms with E-state index < -0.39 is 6.04 Å². The molecule has 2 aliphatic rings. The van der Waals surface area contributed by atoms with E-state index in [2.05, 4.69) is 10.6 Å². The first-order chi connectivity index (χ1) is 16.0. The van der Waals surface area contributed by atoms with Gasteiger partial charge in [0.25, 0.3) is 0 Å². The average molecular weight is 455 g/mol. The molecule has 4 rings (SSSR count). The quantitative estimate of drug-likeness (QED) is 0.637. The predicted octanol–water partition coefficient (Wildman–Crippen LogP) is 2.86. The molecule has 0 bridgehead atoms. The van der Waals surface area contributed by atoms with E-state index in [1.807, 2.05) is 42.5 Å². The molecule has 8 nitrogen and oxygen atoms in total. The second-order valence-corrected chi connectivity index (χ2v) is 8.47. The lowest BCUT2D eigenvalue weighted by molar-refractivity contribution is -0.123. The smallest absolute Gasteiger partial charge is 0.231 e. The van der Waals surface area contributed by atoms with E-state index in [4.69, 9.17) is 18.9 Å². The second-order valence-electron chi connectivity index (χ2n) is 8.47. The Hall–Kier alpha value is -3.26. The highest BCUT2D eigenvalue weighted by atomic mass is 16.7. The molecule has 0 aliphatic carbocycles. The van der Waals surface area contributed by atoms with E-state index >= 15 is 0 Å². The van der Waals surface area contributed by atoms with Gasteiger partial charge in [-0.3, -0.25) is 9.59 Å². The number of carbonyl (C=O) groups excluding carboxylic acids is 2. The SMILES string of the molecule is COc1ccc(C(CC(=O)NCC2(c3ccc4c(c3)OCO4)CCOCC2)NC(C)=O)cc1. The van der Waals surface area contributed by atoms with Crippen LogP contribution in [-0.4, -0.2) is 45.5 Å². The van der Waals surface area contributed by atoms with Gasteiger partial charge in [0.2, 0.25) is 18.6 Å². The minimum absolute atomic E-state index is 0.129. The van der Waals surface area contributed by atoms with E-state index in [0.29, 0.717) is 19.8 Å². The minimum atomic E-state index is -0.426. The van der Waals surface area contributed by atoms with Crippen LogP contribution in [0.3, 0.4) is 0 Å². The van der Waals surface area contributed by atoms with Gasteiger partial charge in [-0.1, -0.05) is 18.2 Å². The van der Waals surface area contributed by atoms with Crippen LogP contribution in [0.2, 0.25) is 0 Å². The van der Waals surface area contributed by atoms with Gasteiger partial charge in [0.05, 0.1) is 19.6 Å². The van der Waals surface area contributed by atoms with Gasteiger partial charge in [-0.05, 0) is 48.2 Å². The third-order valence-corrected chi connectivity index (χ3v) is 6.34. The summed E-state index contributed by atoms with van der Waals surface area (Å²) in [4.78, 5) is 24.7. The topological polar surface area (TPSA) is 95.1 Å². The molecule has 1 unspecified atom stereocenters. The fourth-order valence-corrected chi connectivity index (χ4v) is 4.42. The van der Waals surface area contributed by atoms with Crippen molar-refractivity contribution in [3.63, 3.8) is 0 Å². The summed E-state index contributed by atoms with van der Waals surface area (Å²) in [6.45, 7) is 3.41. The number of rotatable bonds is 8. The number of amides is 2. The summed E-state index contributed by atoms with van der Waals surface area (Å²) in [5, 5.41) is 5.99. The second kappa shape index (κ2) is 10.1. The molecule has 2 amide bonds. The molecule has 0 aromatic heterocycles. The van der Waals surface area contributed by atoms with Gasteiger partial charge in [0, 0.05) is 32.1 Å². The lowest BCUT2D eigenvalue weighted by atomic mass is 9.74. The van der Waals surface area contributed by atoms with Crippen LogP contribution < -0.4 is 24.8 Å². The van der Waals surface area contributed by atoms with Crippen LogP contribution in [0.25, 0.3) is 0 Å². The third kappa shape index (κ3) is 5.39. The van der Waals surface area contributed by atoms with E-state index in [-0.39, 0.29) is 30.4 Å². The zero-order chi connectivity index (χ0) is 23.3. The Morgan fingerprint density at radius 2 is 1.79 bits per heavy atom. The molecule has 2 N–H and O–H groups in total. The Balaban J connectivity index is 1.46. The van der Waals surface area contributed by atoms with Crippen LogP contribution in [0.4, 0.5) is 0 Å². The molecule has 176 valence electrons. The van der Waals surface area contributed by atoms with Crippen LogP contribution in [0, 0.1) is 0 Å². The summed E-state index contributed by atoms with van der Waals surface area (Å²) in [6.07, 6.45) is 1.72. The van der Waals surface area contributed by atoms with Crippen molar-refractivity contribution >= 4 is 11.8 Å². The molecule has 2 heterocycles. The van der Waals surface area contributed by atoms with E-state index in [1.165, 1.54) is 6.92 Å². The van der Waals surface area contributed by atoms with Gasteiger partial charge in [-0.25, -0.2) is 0 Å². The normalized spacial score (nSPS) is 17.2. The van der Waals surface area contributed by atoms with Crippen molar-refractivity contribution in [2.24, 2.45) is 0 Å². The molecule has 1 saturated heterocycles. The van der Waals surface area contributed by atoms with E-state index in [1.54, 1.807) is 7.11 Å². The fraction of sp³-hybridized carbons (Fsp3) is 0.440. The summed E-state index contributed by atoms with van der Waals surface area (Å²) < 4.78 is 21.8. The molecule has 8 heteroatoms. The van der Waals surface area contributed by atoms with Crippen molar-refractivity contribution in [3.8, 4) is 17.2 Å². The van der Waals surface area contributed by atoms with Crippen LogP contribution in [0.15, 0.2) is 42.5 Å². The number of carbonyl (C=O) groups is 2. The van der Waals surface area contributed by atoms with Crippen molar-refractivity contribution in [3.05, 3.63) is 53.6 Å². The number of benzene rings is 2. The van der Waals surface area contributed by atoms with Crippen LogP contribution in [-0.2, 0) is 19.7 Å². The highest BCUT2D eigenvalue weighted by Crippen LogP contribution is 2.40. The Morgan fingerprint density at radius 1 is 1.06 bits per heavy atom. The first-order valence-corrected chi connectivity index (χ1v) is 11.1. The van der Waals surface area contributed by atoms with Gasteiger partial charge in [0.1, 0.15) is 5.75 Å². The van der Waals surface area contributed by atoms with Gasteiger partial charge in [0.15, 0.2) is 11.5 Å². The lowest BCUT2D eigenvalue weighted by Crippen LogP contribution is -2.45. The largest absolute Gasteiger partial charge is 0.497 e. The molecule has 1 atom stereocenters. The monoisotopic (exact) mass is 454 g/mol. The molecule has 0 spiro atoms. The fourth-order valence-electron chi connectivity index (χ4n) is 4.42. The summed E-state index contributed by atoms with van der Waals surface area (Å²) in [6, 6.07) is 12.9. The zero-order valence-corrected chi connectivity index (χ0v) is 19.0. The molecule has 0 saturated carbocycles. The maximum Gasteiger partial charge on any atom is 0.231 e. The third-order valence-electron chi connectivity index (χ3n) is 6.34. The number of hydrogen-bond acceptors (Lipinski definition) is 6. The molecular weight excluding hydrogens is 424 g/mol. The summed E-state index contributed by atoms with van der Waals surface area (Å²) in [7, 11) is 1.60. The number of fused-ring (bicyclic) bond motifs is 1. The molecule has 2 aromatic carbocycles. The molecule has 2 aliphatic heterocycles. The Morgan fingerprint density at radius 3 is 2.48 bits per heavy atom. The van der Waals surface area contributed by atoms with Crippen LogP contribution in [0.5, 0.6) is 17.2 Å². The first kappa shape index (κ1) is 22.9. The Labute approximate surface area is 193 Å². The van der Waals surface area contributed by atoms with Crippen molar-refractivity contribution in [2.75, 3.05) is 33.7 Å². The zero-order valence-electron chi connectivity index (χ0n) is 19.0. The molecule has 0 radical (unpaired) electrons. The van der Waals surface area contributed by atoms with Crippen molar-refractivity contribution in [1.82, 2.24) is 10.6 Å². The van der Waals surface area contributed by atoms with Gasteiger partial charge in [-0.2, -0.15) is 0 Å². The standard InChI is InChI=1S/C25H30N2O6/c1-17(28)27-21(18-3-6-20(30-2)7-4-18)14-24(29)26-15-25(9-11-31-12-10-25)19-5-8-22-23(13-19)33-16-32-22/h3-8,13,21H,9-12,14-16H2,1-2H3,(H,26,29)(H,27,28). The predicted molar refractivity (Wildman–Crippen MR) is 121 cm³/mol. The van der Waals surface area contributed by atoms with Crippen molar-refractivity contribution in [1.29, 1.82) is 0 Å². The number of ether oxygens (including phenoxy) is 4. The lowest BCUT2D eigenvalue weighted by Gasteiger charge is -2.38. The molecular formula is C25H30N2O6. The van der Waals surface area contributed by atoms with Gasteiger partial charge in [-0.15, -0.1) is 0 Å². The number of hydrogen-bond donors (Lipinski definition) is 2. The van der Waals surface area contributed by atoms with Gasteiger partial charge < -0.3 is 29.6 Å². The molecule has 33 heavy (non-hydrogen) atoms. The number of nitrogens with one attached hydrogen (secondary N) is 2. The highest BCUT2D eigenvalue weighted by molar-refractivity contribution is 5.79. The van der Waals surface area contributed by atoms with Crippen LogP contribution in [0.1, 0.15) is 43.4 Å². The summed E-state index contributed by atoms with van der Waals surface area (Å²) in [5.41, 5.74) is 1.69. The maximum atomic E-state index is 13.0. The number of methoxy groups -OCH3 is 1. The maximum absolute atomic E-state index is 13.0. The summed E-state index contributed by atoms with van der Waals surface area (Å²) >= 11 is 0. The van der Waals surface area contributed by atoms with Gasteiger partial charge >= 0.3 is 0 Å². The summed E-state index contributed by atoms with van der Waals surface area (Å²) in [5.74, 6) is 1.87. The molecule has 1 fully saturated rings. The highest BCUT2D eigenvalue weighted by Gasteiger charge is 2.36. The van der Waals surface area contributed by atoms with Crippen molar-refractivity contribution in [2.45, 2.75) is 37.6 Å². The molecule has 2 aromatic rings. The Bertz CT molecular complexity index is 985. The van der Waals surface area contributed by atoms with E-state index in [0.717, 1.165) is 41.2 Å². The Kier molecular flexibility index (Phi) is 7.03. The minimum Gasteiger partial charge on any atom is -0.497 e. The average Bonchev–Trinajstić information content (AvgIpc) is 3.31.